The molecule has 4 heterocycles. The van der Waals surface area contributed by atoms with Gasteiger partial charge in [-0.25, -0.2) is 9.97 Å². The van der Waals surface area contributed by atoms with Crippen LogP contribution < -0.4 is 4.90 Å². The molecule has 7 nitrogen and oxygen atoms in total. The van der Waals surface area contributed by atoms with E-state index in [9.17, 15) is 0 Å². The largest absolute Gasteiger partial charge is 0.361 e. The van der Waals surface area contributed by atoms with Crippen LogP contribution in [0.5, 0.6) is 0 Å². The molecular formula is C23H35IN6OSSi. The summed E-state index contributed by atoms with van der Waals surface area (Å²) in [6, 6.07) is 3.35. The number of hydrogen-bond acceptors (Lipinski definition) is 7. The van der Waals surface area contributed by atoms with E-state index in [4.69, 9.17) is 14.1 Å². The molecule has 180 valence electrons. The summed E-state index contributed by atoms with van der Waals surface area (Å²) in [6.45, 7) is 15.9. The number of nitrogens with zero attached hydrogens (tertiary/aromatic N) is 6. The number of hydrogen-bond donors (Lipinski definition) is 0. The molecule has 0 N–H and O–H groups in total. The van der Waals surface area contributed by atoms with Crippen molar-refractivity contribution in [2.75, 3.05) is 31.3 Å². The van der Waals surface area contributed by atoms with E-state index in [0.717, 1.165) is 69.8 Å². The number of imidazole rings is 1. The number of rotatable bonds is 9. The van der Waals surface area contributed by atoms with E-state index in [2.05, 4.69) is 74.4 Å². The van der Waals surface area contributed by atoms with Gasteiger partial charge < -0.3 is 4.74 Å². The first-order valence-corrected chi connectivity index (χ1v) is 17.3. The monoisotopic (exact) mass is 598 g/mol. The third-order valence-electron chi connectivity index (χ3n) is 5.96. The second kappa shape index (κ2) is 10.7. The number of fused-ring (bicyclic) bond motifs is 1. The lowest BCUT2D eigenvalue weighted by atomic mass is 10.0. The Kier molecular flexibility index (Phi) is 8.09. The Balaban J connectivity index is 1.59. The molecule has 0 aliphatic carbocycles. The first kappa shape index (κ1) is 25.0. The zero-order valence-electron chi connectivity index (χ0n) is 20.3. The van der Waals surface area contributed by atoms with Gasteiger partial charge in [0.25, 0.3) is 0 Å². The highest BCUT2D eigenvalue weighted by atomic mass is 127. The molecule has 0 spiro atoms. The standard InChI is InChI=1S/C23H35IN6OSSi/c1-17-7-6-8-28(13-17)15-19-11-21(32-27-19)30(16-31-9-10-33(3,4)5)23-22-25-12-20(24)29(22)14-18(2)26-23/h11-12,14,17H,6-10,13,15-16H2,1-5H3. The number of likely N-dealkylation sites (tertiary alicyclic amines) is 1. The molecule has 33 heavy (non-hydrogen) atoms. The van der Waals surface area contributed by atoms with Gasteiger partial charge in [0.2, 0.25) is 0 Å². The third-order valence-corrected chi connectivity index (χ3v) is 9.32. The second-order valence-electron chi connectivity index (χ2n) is 10.4. The summed E-state index contributed by atoms with van der Waals surface area (Å²) in [4.78, 5) is 14.2. The van der Waals surface area contributed by atoms with Crippen molar-refractivity contribution in [1.82, 2.24) is 23.6 Å². The number of anilines is 2. The highest BCUT2D eigenvalue weighted by Crippen LogP contribution is 2.32. The van der Waals surface area contributed by atoms with Gasteiger partial charge in [-0.2, -0.15) is 4.37 Å². The molecule has 0 bridgehead atoms. The summed E-state index contributed by atoms with van der Waals surface area (Å²) >= 11 is 3.84. The van der Waals surface area contributed by atoms with Crippen LogP contribution in [0.25, 0.3) is 5.65 Å². The lowest BCUT2D eigenvalue weighted by molar-refractivity contribution is 0.153. The molecule has 1 aliphatic rings. The minimum absolute atomic E-state index is 0.447. The second-order valence-corrected chi connectivity index (χ2v) is 17.9. The third kappa shape index (κ3) is 6.53. The van der Waals surface area contributed by atoms with E-state index < -0.39 is 8.07 Å². The minimum Gasteiger partial charge on any atom is -0.361 e. The maximum Gasteiger partial charge on any atom is 0.181 e. The molecule has 0 amide bonds. The number of ether oxygens (including phenoxy) is 1. The Morgan fingerprint density at radius 3 is 2.91 bits per heavy atom. The fraction of sp³-hybridized carbons (Fsp3) is 0.609. The maximum atomic E-state index is 6.20. The lowest BCUT2D eigenvalue weighted by Gasteiger charge is -2.30. The van der Waals surface area contributed by atoms with Crippen molar-refractivity contribution < 1.29 is 4.74 Å². The molecule has 1 unspecified atom stereocenters. The molecular weight excluding hydrogens is 563 g/mol. The van der Waals surface area contributed by atoms with Crippen molar-refractivity contribution in [3.05, 3.63) is 33.5 Å². The SMILES string of the molecule is Cc1cn2c(I)cnc2c(N(COCC[Si](C)(C)C)c2cc(CN3CCCC(C)C3)ns2)n1. The van der Waals surface area contributed by atoms with Crippen LogP contribution in [0, 0.1) is 16.5 Å². The average molecular weight is 599 g/mol. The molecule has 3 aromatic rings. The smallest absolute Gasteiger partial charge is 0.181 e. The van der Waals surface area contributed by atoms with Gasteiger partial charge in [0.15, 0.2) is 11.5 Å². The Morgan fingerprint density at radius 1 is 1.33 bits per heavy atom. The summed E-state index contributed by atoms with van der Waals surface area (Å²) in [5.74, 6) is 1.59. The topological polar surface area (TPSA) is 58.8 Å². The van der Waals surface area contributed by atoms with Gasteiger partial charge in [-0.05, 0) is 78.5 Å². The minimum atomic E-state index is -1.16. The van der Waals surface area contributed by atoms with Gasteiger partial charge in [-0.3, -0.25) is 14.2 Å². The van der Waals surface area contributed by atoms with Gasteiger partial charge >= 0.3 is 0 Å². The van der Waals surface area contributed by atoms with Crippen molar-refractivity contribution in [1.29, 1.82) is 0 Å². The summed E-state index contributed by atoms with van der Waals surface area (Å²) < 4.78 is 14.2. The fourth-order valence-corrected chi connectivity index (χ4v) is 6.18. The van der Waals surface area contributed by atoms with Crippen LogP contribution in [-0.2, 0) is 11.3 Å². The van der Waals surface area contributed by atoms with Gasteiger partial charge in [-0.1, -0.05) is 26.6 Å². The van der Waals surface area contributed by atoms with E-state index in [1.165, 1.54) is 24.4 Å². The maximum absolute atomic E-state index is 6.20. The molecule has 1 aliphatic heterocycles. The molecule has 10 heteroatoms. The van der Waals surface area contributed by atoms with E-state index in [-0.39, 0.29) is 0 Å². The van der Waals surface area contributed by atoms with E-state index >= 15 is 0 Å². The number of aryl methyl sites for hydroxylation is 1. The molecule has 3 aromatic heterocycles. The highest BCUT2D eigenvalue weighted by molar-refractivity contribution is 14.1. The van der Waals surface area contributed by atoms with Crippen LogP contribution in [0.15, 0.2) is 18.5 Å². The van der Waals surface area contributed by atoms with Crippen LogP contribution in [-0.4, -0.2) is 58.1 Å². The van der Waals surface area contributed by atoms with Gasteiger partial charge in [0, 0.05) is 34.0 Å². The first-order chi connectivity index (χ1) is 15.7. The van der Waals surface area contributed by atoms with Crippen molar-refractivity contribution in [2.45, 2.75) is 58.9 Å². The fourth-order valence-electron chi connectivity index (χ4n) is 4.17. The molecule has 1 saturated heterocycles. The van der Waals surface area contributed by atoms with Crippen molar-refractivity contribution >= 4 is 58.7 Å². The predicted molar refractivity (Wildman–Crippen MR) is 147 cm³/mol. The van der Waals surface area contributed by atoms with Crippen LogP contribution in [0.2, 0.25) is 25.7 Å². The highest BCUT2D eigenvalue weighted by Gasteiger charge is 2.22. The average Bonchev–Trinajstić information content (AvgIpc) is 3.34. The van der Waals surface area contributed by atoms with Crippen LogP contribution >= 0.6 is 34.1 Å². The van der Waals surface area contributed by atoms with Crippen LogP contribution in [0.1, 0.15) is 31.2 Å². The van der Waals surface area contributed by atoms with E-state index in [1.54, 1.807) is 0 Å². The zero-order chi connectivity index (χ0) is 23.6. The van der Waals surface area contributed by atoms with E-state index in [0.29, 0.717) is 6.73 Å². The molecule has 1 atom stereocenters. The molecule has 0 saturated carbocycles. The van der Waals surface area contributed by atoms with Crippen molar-refractivity contribution in [3.8, 4) is 0 Å². The number of aromatic nitrogens is 4. The quantitative estimate of drug-likeness (QED) is 0.135. The van der Waals surface area contributed by atoms with Gasteiger partial charge in [0.05, 0.1) is 17.6 Å². The molecule has 0 aromatic carbocycles. The van der Waals surface area contributed by atoms with Gasteiger partial charge in [0.1, 0.15) is 15.4 Å². The van der Waals surface area contributed by atoms with Gasteiger partial charge in [-0.15, -0.1) is 0 Å². The molecule has 0 radical (unpaired) electrons. The first-order valence-electron chi connectivity index (χ1n) is 11.7. The Morgan fingerprint density at radius 2 is 2.15 bits per heavy atom. The summed E-state index contributed by atoms with van der Waals surface area (Å²) in [5.41, 5.74) is 2.92. The number of halogens is 1. The number of piperidine rings is 1. The van der Waals surface area contributed by atoms with Crippen LogP contribution in [0.4, 0.5) is 10.8 Å². The Bertz CT molecular complexity index is 1080. The van der Waals surface area contributed by atoms with Crippen LogP contribution in [0.3, 0.4) is 0 Å². The lowest BCUT2D eigenvalue weighted by Crippen LogP contribution is -2.33. The van der Waals surface area contributed by atoms with Crippen molar-refractivity contribution in [3.63, 3.8) is 0 Å². The Labute approximate surface area is 215 Å². The summed E-state index contributed by atoms with van der Waals surface area (Å²) in [7, 11) is -1.16. The summed E-state index contributed by atoms with van der Waals surface area (Å²) in [5, 5.41) is 1.06. The summed E-state index contributed by atoms with van der Waals surface area (Å²) in [6.07, 6.45) is 6.53. The predicted octanol–water partition coefficient (Wildman–Crippen LogP) is 5.78. The molecule has 4 rings (SSSR count). The molecule has 1 fully saturated rings. The Hall–Kier alpha value is -1.08. The van der Waals surface area contributed by atoms with E-state index in [1.807, 2.05) is 19.3 Å². The normalized spacial score (nSPS) is 17.7. The zero-order valence-corrected chi connectivity index (χ0v) is 24.3. The van der Waals surface area contributed by atoms with Crippen molar-refractivity contribution in [2.24, 2.45) is 5.92 Å².